The number of methoxy groups -OCH3 is 1. The highest BCUT2D eigenvalue weighted by molar-refractivity contribution is 6.30. The van der Waals surface area contributed by atoms with Gasteiger partial charge in [-0.25, -0.2) is 9.97 Å². The highest BCUT2D eigenvalue weighted by atomic mass is 35.5. The van der Waals surface area contributed by atoms with Crippen LogP contribution in [-0.4, -0.2) is 54.1 Å². The van der Waals surface area contributed by atoms with Crippen molar-refractivity contribution in [2.45, 2.75) is 25.9 Å². The average Bonchev–Trinajstić information content (AvgIpc) is 2.79. The van der Waals surface area contributed by atoms with Gasteiger partial charge in [0.15, 0.2) is 11.5 Å². The van der Waals surface area contributed by atoms with Crippen LogP contribution in [0.1, 0.15) is 18.9 Å². The largest absolute Gasteiger partial charge is 0.493 e. The molecule has 1 aromatic heterocycles. The molecule has 2 bridgehead atoms. The molecule has 4 rings (SSSR count). The number of carbonyl (C=O) groups is 1. The lowest BCUT2D eigenvalue weighted by atomic mass is 10.1. The van der Waals surface area contributed by atoms with Crippen molar-refractivity contribution in [3.8, 4) is 11.5 Å². The molecule has 168 valence electrons. The Balaban J connectivity index is 1.81. The van der Waals surface area contributed by atoms with E-state index in [9.17, 15) is 4.79 Å². The van der Waals surface area contributed by atoms with Crippen LogP contribution in [0, 0.1) is 0 Å². The molecule has 2 aromatic carbocycles. The number of aromatic nitrogens is 2. The minimum absolute atomic E-state index is 0.0276. The number of rotatable bonds is 1. The van der Waals surface area contributed by atoms with Crippen molar-refractivity contribution in [2.24, 2.45) is 0 Å². The Morgan fingerprint density at radius 2 is 2.09 bits per heavy atom. The van der Waals surface area contributed by atoms with Crippen molar-refractivity contribution in [1.29, 1.82) is 0 Å². The molecule has 32 heavy (non-hydrogen) atoms. The maximum absolute atomic E-state index is 12.6. The minimum Gasteiger partial charge on any atom is -0.493 e. The van der Waals surface area contributed by atoms with Crippen LogP contribution in [0.15, 0.2) is 36.7 Å². The summed E-state index contributed by atoms with van der Waals surface area (Å²) in [5.74, 6) is 1.79. The van der Waals surface area contributed by atoms with E-state index in [1.54, 1.807) is 7.11 Å². The zero-order chi connectivity index (χ0) is 22.7. The highest BCUT2D eigenvalue weighted by Crippen LogP contribution is 2.35. The number of fused-ring (bicyclic) bond motifs is 2. The molecule has 1 aliphatic heterocycles. The van der Waals surface area contributed by atoms with Gasteiger partial charge in [-0.3, -0.25) is 9.69 Å². The van der Waals surface area contributed by atoms with Gasteiger partial charge < -0.3 is 20.1 Å². The molecule has 9 heteroatoms. The van der Waals surface area contributed by atoms with Crippen molar-refractivity contribution >= 4 is 39.9 Å². The summed E-state index contributed by atoms with van der Waals surface area (Å²) in [7, 11) is 3.52. The molecule has 0 saturated heterocycles. The second-order valence-corrected chi connectivity index (χ2v) is 8.19. The van der Waals surface area contributed by atoms with Crippen molar-refractivity contribution in [2.75, 3.05) is 32.6 Å². The second kappa shape index (κ2) is 9.58. The van der Waals surface area contributed by atoms with Crippen LogP contribution < -0.4 is 20.1 Å². The zero-order valence-electron chi connectivity index (χ0n) is 18.3. The number of hydrogen-bond donors (Lipinski definition) is 2. The maximum atomic E-state index is 12.6. The Morgan fingerprint density at radius 1 is 1.25 bits per heavy atom. The summed E-state index contributed by atoms with van der Waals surface area (Å²) >= 11 is 6.30. The summed E-state index contributed by atoms with van der Waals surface area (Å²) in [6, 6.07) is 9.05. The molecule has 0 aliphatic carbocycles. The topological polar surface area (TPSA) is 88.6 Å². The summed E-state index contributed by atoms with van der Waals surface area (Å²) in [5, 5.41) is 7.79. The number of anilines is 2. The number of halogens is 1. The van der Waals surface area contributed by atoms with Crippen LogP contribution in [0.5, 0.6) is 11.5 Å². The maximum Gasteiger partial charge on any atom is 0.237 e. The highest BCUT2D eigenvalue weighted by Gasteiger charge is 2.20. The molecular weight excluding hydrogens is 430 g/mol. The third-order valence-electron chi connectivity index (χ3n) is 5.58. The van der Waals surface area contributed by atoms with Crippen molar-refractivity contribution in [1.82, 2.24) is 20.2 Å². The number of amides is 1. The Labute approximate surface area is 191 Å². The minimum atomic E-state index is -0.300. The Morgan fingerprint density at radius 3 is 2.91 bits per heavy atom. The third-order valence-corrected chi connectivity index (χ3v) is 5.82. The predicted octanol–water partition coefficient (Wildman–Crippen LogP) is 3.75. The number of ether oxygens (including phenoxy) is 2. The van der Waals surface area contributed by atoms with Gasteiger partial charge in [0, 0.05) is 35.3 Å². The van der Waals surface area contributed by atoms with E-state index in [1.165, 1.54) is 6.33 Å². The molecule has 0 unspecified atom stereocenters. The predicted molar refractivity (Wildman–Crippen MR) is 125 cm³/mol. The third kappa shape index (κ3) is 4.71. The summed E-state index contributed by atoms with van der Waals surface area (Å²) in [5.41, 5.74) is 2.53. The summed E-state index contributed by atoms with van der Waals surface area (Å²) in [6.07, 6.45) is 2.17. The van der Waals surface area contributed by atoms with Gasteiger partial charge >= 0.3 is 0 Å². The fourth-order valence-corrected chi connectivity index (χ4v) is 3.76. The average molecular weight is 456 g/mol. The van der Waals surface area contributed by atoms with E-state index in [1.807, 2.05) is 49.2 Å². The molecule has 2 heterocycles. The Bertz CT molecular complexity index is 1140. The van der Waals surface area contributed by atoms with E-state index >= 15 is 0 Å². The van der Waals surface area contributed by atoms with Crippen LogP contribution in [0.4, 0.5) is 11.5 Å². The van der Waals surface area contributed by atoms with E-state index in [0.717, 1.165) is 22.2 Å². The molecule has 0 saturated carbocycles. The Kier molecular flexibility index (Phi) is 6.62. The molecule has 1 atom stereocenters. The van der Waals surface area contributed by atoms with Crippen molar-refractivity contribution in [3.63, 3.8) is 0 Å². The molecule has 1 aliphatic rings. The van der Waals surface area contributed by atoms with Gasteiger partial charge in [0.25, 0.3) is 0 Å². The zero-order valence-corrected chi connectivity index (χ0v) is 19.1. The molecule has 0 spiro atoms. The van der Waals surface area contributed by atoms with Crippen LogP contribution in [0.2, 0.25) is 5.02 Å². The smallest absolute Gasteiger partial charge is 0.237 e. The standard InChI is InChI=1S/C23H26ClN5O3/c1-14-23(30)25-7-4-8-32-21-10-17-19(11-20(21)31-3)26-13-27-22(17)28-18-9-16(24)6-5-15(18)12-29(14)2/h5-6,9-11,13-14H,4,7-8,12H2,1-3H3,(H,25,30)(H,26,27,28)/t14-/m0/s1. The van der Waals surface area contributed by atoms with E-state index in [-0.39, 0.29) is 11.9 Å². The Hall–Kier alpha value is -3.10. The van der Waals surface area contributed by atoms with Gasteiger partial charge in [0.1, 0.15) is 12.1 Å². The number of benzene rings is 2. The lowest BCUT2D eigenvalue weighted by molar-refractivity contribution is -0.125. The van der Waals surface area contributed by atoms with Crippen LogP contribution in [0.25, 0.3) is 10.9 Å². The van der Waals surface area contributed by atoms with Crippen LogP contribution >= 0.6 is 11.6 Å². The molecule has 3 aromatic rings. The van der Waals surface area contributed by atoms with Crippen molar-refractivity contribution in [3.05, 3.63) is 47.2 Å². The number of hydrogen-bond acceptors (Lipinski definition) is 7. The first-order valence-corrected chi connectivity index (χ1v) is 10.8. The fraction of sp³-hybridized carbons (Fsp3) is 0.348. The molecule has 0 fully saturated rings. The number of carbonyl (C=O) groups excluding carboxylic acids is 1. The van der Waals surface area contributed by atoms with E-state index in [4.69, 9.17) is 21.1 Å². The summed E-state index contributed by atoms with van der Waals surface area (Å²) in [4.78, 5) is 23.4. The molecular formula is C23H26ClN5O3. The number of nitrogens with one attached hydrogen (secondary N) is 2. The first kappa shape index (κ1) is 22.1. The van der Waals surface area contributed by atoms with Gasteiger partial charge in [-0.2, -0.15) is 0 Å². The quantitative estimate of drug-likeness (QED) is 0.577. The SMILES string of the molecule is COc1cc2ncnc3c2cc1OCCCNC(=O)[C@H](C)N(C)Cc1ccc(Cl)cc1N3. The number of nitrogens with zero attached hydrogens (tertiary/aromatic N) is 3. The summed E-state index contributed by atoms with van der Waals surface area (Å²) in [6.45, 7) is 3.40. The number of likely N-dealkylation sites (N-methyl/N-ethyl adjacent to an activating group) is 1. The first-order valence-electron chi connectivity index (χ1n) is 10.4. The molecule has 8 nitrogen and oxygen atoms in total. The van der Waals surface area contributed by atoms with E-state index in [2.05, 4.69) is 20.6 Å². The molecule has 1 amide bonds. The summed E-state index contributed by atoms with van der Waals surface area (Å²) < 4.78 is 11.5. The monoisotopic (exact) mass is 455 g/mol. The lowest BCUT2D eigenvalue weighted by Crippen LogP contribution is -2.43. The lowest BCUT2D eigenvalue weighted by Gasteiger charge is -2.25. The van der Waals surface area contributed by atoms with Gasteiger partial charge in [-0.05, 0) is 44.2 Å². The van der Waals surface area contributed by atoms with Gasteiger partial charge in [0.2, 0.25) is 5.91 Å². The van der Waals surface area contributed by atoms with Crippen LogP contribution in [-0.2, 0) is 11.3 Å². The molecule has 0 radical (unpaired) electrons. The van der Waals surface area contributed by atoms with Gasteiger partial charge in [-0.15, -0.1) is 0 Å². The first-order chi connectivity index (χ1) is 15.5. The normalized spacial score (nSPS) is 17.9. The van der Waals surface area contributed by atoms with E-state index < -0.39 is 0 Å². The van der Waals surface area contributed by atoms with Crippen molar-refractivity contribution < 1.29 is 14.3 Å². The molecule has 2 N–H and O–H groups in total. The van der Waals surface area contributed by atoms with Crippen LogP contribution in [0.3, 0.4) is 0 Å². The van der Waals surface area contributed by atoms with Gasteiger partial charge in [-0.1, -0.05) is 17.7 Å². The second-order valence-electron chi connectivity index (χ2n) is 7.75. The fourth-order valence-electron chi connectivity index (χ4n) is 3.59. The van der Waals surface area contributed by atoms with Gasteiger partial charge in [0.05, 0.1) is 25.3 Å². The van der Waals surface area contributed by atoms with E-state index in [0.29, 0.717) is 48.5 Å².